The fraction of sp³-hybridized carbons (Fsp3) is 0.385. The number of amides is 2. The molecule has 11 heteroatoms. The Balaban J connectivity index is 1.64. The second-order valence-corrected chi connectivity index (χ2v) is 9.71. The summed E-state index contributed by atoms with van der Waals surface area (Å²) in [6.07, 6.45) is 3.35. The third kappa shape index (κ3) is 5.76. The number of aliphatic hydroxyl groups is 1. The van der Waals surface area contributed by atoms with E-state index in [-0.39, 0.29) is 51.5 Å². The molecule has 2 aromatic heterocycles. The van der Waals surface area contributed by atoms with E-state index < -0.39 is 18.1 Å². The van der Waals surface area contributed by atoms with Gasteiger partial charge in [-0.05, 0) is 70.0 Å². The average Bonchev–Trinajstić information content (AvgIpc) is 3.27. The lowest BCUT2D eigenvalue weighted by Crippen LogP contribution is -2.38. The van der Waals surface area contributed by atoms with Gasteiger partial charge in [-0.15, -0.1) is 0 Å². The highest BCUT2D eigenvalue weighted by molar-refractivity contribution is 6.30. The summed E-state index contributed by atoms with van der Waals surface area (Å²) >= 11 is 5.88. The number of hydrogen-bond donors (Lipinski definition) is 3. The number of rotatable bonds is 7. The summed E-state index contributed by atoms with van der Waals surface area (Å²) in [6, 6.07) is 7.84. The maximum Gasteiger partial charge on any atom is 0.338 e. The highest BCUT2D eigenvalue weighted by atomic mass is 35.5. The van der Waals surface area contributed by atoms with Gasteiger partial charge in [-0.2, -0.15) is 0 Å². The van der Waals surface area contributed by atoms with Crippen LogP contribution in [0.4, 0.5) is 11.5 Å². The number of furan rings is 1. The molecule has 2 heterocycles. The Hall–Kier alpha value is -3.47. The lowest BCUT2D eigenvalue weighted by atomic mass is 9.80. The van der Waals surface area contributed by atoms with E-state index in [1.807, 2.05) is 14.1 Å². The summed E-state index contributed by atoms with van der Waals surface area (Å²) in [5, 5.41) is 16.5. The van der Waals surface area contributed by atoms with Gasteiger partial charge in [0, 0.05) is 12.1 Å². The third-order valence-corrected chi connectivity index (χ3v) is 6.86. The number of ether oxygens (including phenoxy) is 1. The number of halogens is 1. The van der Waals surface area contributed by atoms with E-state index in [0.717, 1.165) is 0 Å². The molecule has 37 heavy (non-hydrogen) atoms. The molecule has 2 amide bonds. The van der Waals surface area contributed by atoms with Crippen LogP contribution in [0, 0.1) is 11.8 Å². The molecular formula is C26H29ClN4O6. The molecule has 1 aliphatic carbocycles. The van der Waals surface area contributed by atoms with Gasteiger partial charge < -0.3 is 24.9 Å². The van der Waals surface area contributed by atoms with Crippen LogP contribution in [0.3, 0.4) is 0 Å². The highest BCUT2D eigenvalue weighted by Crippen LogP contribution is 2.37. The van der Waals surface area contributed by atoms with E-state index in [0.29, 0.717) is 30.7 Å². The van der Waals surface area contributed by atoms with Crippen LogP contribution >= 0.6 is 11.6 Å². The third-order valence-electron chi connectivity index (χ3n) is 6.64. The first-order chi connectivity index (χ1) is 17.7. The van der Waals surface area contributed by atoms with Crippen molar-refractivity contribution < 1.29 is 28.6 Å². The molecule has 196 valence electrons. The highest BCUT2D eigenvalue weighted by Gasteiger charge is 2.33. The van der Waals surface area contributed by atoms with Gasteiger partial charge in [0.05, 0.1) is 23.1 Å². The number of aliphatic hydroxyl groups excluding tert-OH is 1. The Kier molecular flexibility index (Phi) is 8.11. The number of fused-ring (bicyclic) bond motifs is 1. The number of anilines is 2. The lowest BCUT2D eigenvalue weighted by molar-refractivity contribution is -0.122. The molecule has 1 aliphatic rings. The van der Waals surface area contributed by atoms with E-state index >= 15 is 0 Å². The maximum atomic E-state index is 13.3. The number of hydrogen-bond acceptors (Lipinski definition) is 8. The van der Waals surface area contributed by atoms with E-state index in [2.05, 4.69) is 15.6 Å². The molecule has 1 fully saturated rings. The minimum Gasteiger partial charge on any atom is -0.465 e. The predicted molar refractivity (Wildman–Crippen MR) is 139 cm³/mol. The Bertz CT molecular complexity index is 1300. The Morgan fingerprint density at radius 3 is 2.49 bits per heavy atom. The quantitative estimate of drug-likeness (QED) is 0.307. The van der Waals surface area contributed by atoms with Crippen LogP contribution < -0.4 is 10.6 Å². The number of nitrogens with zero attached hydrogens (tertiary/aromatic N) is 2. The van der Waals surface area contributed by atoms with E-state index in [4.69, 9.17) is 20.8 Å². The number of carbonyl (C=O) groups is 3. The smallest absolute Gasteiger partial charge is 0.338 e. The molecule has 1 atom stereocenters. The van der Waals surface area contributed by atoms with Gasteiger partial charge in [0.2, 0.25) is 11.7 Å². The van der Waals surface area contributed by atoms with Gasteiger partial charge >= 0.3 is 5.97 Å². The molecule has 0 spiro atoms. The average molecular weight is 529 g/mol. The second-order valence-electron chi connectivity index (χ2n) is 9.27. The SMILES string of the molecule is COC(=O)c1cccc2oc(C(=O)Nc3ccc(Cl)cn3)c(NC(=O)C3CCC(C(O)N(C)C)CC3)c12. The largest absolute Gasteiger partial charge is 0.465 e. The molecule has 3 N–H and O–H groups in total. The molecule has 10 nitrogen and oxygen atoms in total. The van der Waals surface area contributed by atoms with E-state index in [1.165, 1.54) is 25.4 Å². The van der Waals surface area contributed by atoms with Crippen molar-refractivity contribution in [1.82, 2.24) is 9.88 Å². The second kappa shape index (κ2) is 11.3. The zero-order chi connectivity index (χ0) is 26.7. The van der Waals surface area contributed by atoms with Crippen molar-refractivity contribution in [3.8, 4) is 0 Å². The van der Waals surface area contributed by atoms with Crippen molar-refractivity contribution in [1.29, 1.82) is 0 Å². The number of methoxy groups -OCH3 is 1. The number of aromatic nitrogens is 1. The number of carbonyl (C=O) groups excluding carboxylic acids is 3. The predicted octanol–water partition coefficient (Wildman–Crippen LogP) is 4.15. The molecule has 4 rings (SSSR count). The lowest BCUT2D eigenvalue weighted by Gasteiger charge is -2.33. The van der Waals surface area contributed by atoms with Crippen LogP contribution in [-0.4, -0.2) is 60.2 Å². The zero-order valence-corrected chi connectivity index (χ0v) is 21.5. The first kappa shape index (κ1) is 26.6. The van der Waals surface area contributed by atoms with E-state index in [1.54, 1.807) is 23.1 Å². The van der Waals surface area contributed by atoms with Crippen molar-refractivity contribution in [3.63, 3.8) is 0 Å². The van der Waals surface area contributed by atoms with Crippen LogP contribution in [0.15, 0.2) is 40.9 Å². The minimum atomic E-state index is -0.657. The number of pyridine rings is 1. The Labute approximate surface area is 218 Å². The monoisotopic (exact) mass is 528 g/mol. The maximum absolute atomic E-state index is 13.3. The van der Waals surface area contributed by atoms with Gasteiger partial charge in [0.25, 0.3) is 5.91 Å². The topological polar surface area (TPSA) is 134 Å². The molecule has 0 bridgehead atoms. The van der Waals surface area contributed by atoms with Crippen molar-refractivity contribution in [2.24, 2.45) is 11.8 Å². The van der Waals surface area contributed by atoms with Crippen LogP contribution in [0.5, 0.6) is 0 Å². The summed E-state index contributed by atoms with van der Waals surface area (Å²) in [4.78, 5) is 44.9. The summed E-state index contributed by atoms with van der Waals surface area (Å²) in [5.74, 6) is -1.77. The molecule has 1 aromatic carbocycles. The molecule has 1 unspecified atom stereocenters. The molecule has 3 aromatic rings. The van der Waals surface area contributed by atoms with Crippen LogP contribution in [-0.2, 0) is 9.53 Å². The normalized spacial score (nSPS) is 18.4. The van der Waals surface area contributed by atoms with Crippen molar-refractivity contribution in [3.05, 3.63) is 52.9 Å². The van der Waals surface area contributed by atoms with E-state index in [9.17, 15) is 19.5 Å². The molecular weight excluding hydrogens is 500 g/mol. The van der Waals surface area contributed by atoms with Crippen molar-refractivity contribution >= 4 is 51.9 Å². The summed E-state index contributed by atoms with van der Waals surface area (Å²) in [7, 11) is 4.89. The van der Waals surface area contributed by atoms with Crippen LogP contribution in [0.25, 0.3) is 11.0 Å². The van der Waals surface area contributed by atoms with Crippen molar-refractivity contribution in [2.75, 3.05) is 31.8 Å². The van der Waals surface area contributed by atoms with Gasteiger partial charge in [-0.1, -0.05) is 17.7 Å². The van der Waals surface area contributed by atoms with Crippen molar-refractivity contribution in [2.45, 2.75) is 31.9 Å². The molecule has 0 radical (unpaired) electrons. The van der Waals surface area contributed by atoms with Gasteiger partial charge in [0.15, 0.2) is 0 Å². The first-order valence-corrected chi connectivity index (χ1v) is 12.3. The minimum absolute atomic E-state index is 0.0768. The zero-order valence-electron chi connectivity index (χ0n) is 20.8. The summed E-state index contributed by atoms with van der Waals surface area (Å²) < 4.78 is 10.7. The fourth-order valence-corrected chi connectivity index (χ4v) is 4.77. The van der Waals surface area contributed by atoms with Gasteiger partial charge in [-0.25, -0.2) is 9.78 Å². The fourth-order valence-electron chi connectivity index (χ4n) is 4.66. The number of esters is 1. The molecule has 0 saturated heterocycles. The summed E-state index contributed by atoms with van der Waals surface area (Å²) in [5.41, 5.74) is 0.480. The number of benzene rings is 1. The Morgan fingerprint density at radius 2 is 1.86 bits per heavy atom. The molecule has 1 saturated carbocycles. The summed E-state index contributed by atoms with van der Waals surface area (Å²) in [6.45, 7) is 0. The number of nitrogens with one attached hydrogen (secondary N) is 2. The van der Waals surface area contributed by atoms with Crippen LogP contribution in [0.2, 0.25) is 5.02 Å². The van der Waals surface area contributed by atoms with Gasteiger partial charge in [0.1, 0.15) is 23.3 Å². The standard InChI is InChI=1S/C26H29ClN4O6/c1-31(2)25(34)15-9-7-14(8-10-15)23(32)30-21-20-17(26(35)36-3)5-4-6-18(20)37-22(21)24(33)29-19-12-11-16(27)13-28-19/h4-6,11-15,25,34H,7-10H2,1-3H3,(H,30,32)(H,28,29,33). The van der Waals surface area contributed by atoms with Gasteiger partial charge in [-0.3, -0.25) is 14.5 Å². The van der Waals surface area contributed by atoms with Crippen LogP contribution in [0.1, 0.15) is 46.6 Å². The molecule has 0 aliphatic heterocycles. The Morgan fingerprint density at radius 1 is 1.14 bits per heavy atom. The first-order valence-electron chi connectivity index (χ1n) is 11.9.